The second kappa shape index (κ2) is 9.01. The molecule has 2 aromatic rings. The van der Waals surface area contributed by atoms with Gasteiger partial charge >= 0.3 is 0 Å². The van der Waals surface area contributed by atoms with E-state index in [4.69, 9.17) is 5.10 Å². The van der Waals surface area contributed by atoms with E-state index in [9.17, 15) is 4.39 Å². The van der Waals surface area contributed by atoms with Crippen molar-refractivity contribution in [3.8, 4) is 0 Å². The van der Waals surface area contributed by atoms with Gasteiger partial charge in [0, 0.05) is 45.8 Å². The Bertz CT molecular complexity index is 790. The molecule has 0 atom stereocenters. The lowest BCUT2D eigenvalue weighted by atomic mass is 10.1. The maximum Gasteiger partial charge on any atom is 0.103 e. The molecule has 0 saturated carbocycles. The number of rotatable bonds is 5. The molecule has 1 aromatic heterocycles. The second-order valence-corrected chi connectivity index (χ2v) is 8.27. The van der Waals surface area contributed by atoms with Crippen molar-refractivity contribution < 1.29 is 4.39 Å². The first-order chi connectivity index (χ1) is 13.7. The molecule has 0 unspecified atom stereocenters. The molecular formula is C23H31FN4. The van der Waals surface area contributed by atoms with Crippen LogP contribution in [0, 0.1) is 0 Å². The van der Waals surface area contributed by atoms with Gasteiger partial charge in [-0.3, -0.25) is 14.5 Å². The topological polar surface area (TPSA) is 24.3 Å². The van der Waals surface area contributed by atoms with Gasteiger partial charge in [-0.1, -0.05) is 42.0 Å². The molecule has 0 aliphatic carbocycles. The van der Waals surface area contributed by atoms with Crippen LogP contribution >= 0.6 is 0 Å². The lowest BCUT2D eigenvalue weighted by Gasteiger charge is -2.27. The number of hydrogen-bond donors (Lipinski definition) is 0. The predicted molar refractivity (Wildman–Crippen MR) is 112 cm³/mol. The zero-order valence-electron chi connectivity index (χ0n) is 16.9. The van der Waals surface area contributed by atoms with Crippen molar-refractivity contribution in [3.63, 3.8) is 0 Å². The minimum atomic E-state index is -0.615. The molecule has 1 saturated heterocycles. The van der Waals surface area contributed by atoms with Crippen LogP contribution in [0.2, 0.25) is 0 Å². The molecular weight excluding hydrogens is 351 g/mol. The quantitative estimate of drug-likeness (QED) is 0.777. The summed E-state index contributed by atoms with van der Waals surface area (Å²) in [5, 5.41) is 4.85. The fourth-order valence-corrected chi connectivity index (χ4v) is 4.32. The van der Waals surface area contributed by atoms with Gasteiger partial charge in [-0.15, -0.1) is 0 Å². The standard InChI is InChI=1S/C23H31FN4/c1-19(14-20-6-3-2-4-7-20)16-27-10-5-11-28-23(18-27)15-22(25-28)17-26-12-8-21(24)9-13-26/h2-4,6-7,14-15,21H,5,8-13,16-18H2,1H3/b19-14+. The number of nitrogens with zero attached hydrogens (tertiary/aromatic N) is 4. The van der Waals surface area contributed by atoms with E-state index in [1.54, 1.807) is 0 Å². The fraction of sp³-hybridized carbons (Fsp3) is 0.522. The number of likely N-dealkylation sites (tertiary alicyclic amines) is 1. The van der Waals surface area contributed by atoms with Gasteiger partial charge in [0.1, 0.15) is 6.17 Å². The molecule has 3 heterocycles. The first kappa shape index (κ1) is 19.3. The fourth-order valence-electron chi connectivity index (χ4n) is 4.32. The van der Waals surface area contributed by atoms with Gasteiger partial charge in [-0.2, -0.15) is 5.10 Å². The molecule has 28 heavy (non-hydrogen) atoms. The maximum atomic E-state index is 13.4. The number of alkyl halides is 1. The minimum Gasteiger partial charge on any atom is -0.297 e. The van der Waals surface area contributed by atoms with Gasteiger partial charge in [-0.05, 0) is 37.8 Å². The van der Waals surface area contributed by atoms with E-state index >= 15 is 0 Å². The van der Waals surface area contributed by atoms with E-state index in [-0.39, 0.29) is 0 Å². The van der Waals surface area contributed by atoms with Crippen molar-refractivity contribution in [2.75, 3.05) is 26.2 Å². The second-order valence-electron chi connectivity index (χ2n) is 8.27. The molecule has 0 bridgehead atoms. The average Bonchev–Trinajstić information content (AvgIpc) is 2.95. The highest BCUT2D eigenvalue weighted by Gasteiger charge is 2.21. The predicted octanol–water partition coefficient (Wildman–Crippen LogP) is 4.13. The third kappa shape index (κ3) is 5.09. The van der Waals surface area contributed by atoms with Crippen molar-refractivity contribution in [1.82, 2.24) is 19.6 Å². The van der Waals surface area contributed by atoms with Gasteiger partial charge in [0.2, 0.25) is 0 Å². The van der Waals surface area contributed by atoms with Crippen LogP contribution in [-0.4, -0.2) is 51.9 Å². The average molecular weight is 383 g/mol. The summed E-state index contributed by atoms with van der Waals surface area (Å²) in [4.78, 5) is 4.86. The lowest BCUT2D eigenvalue weighted by molar-refractivity contribution is 0.144. The van der Waals surface area contributed by atoms with Crippen LogP contribution in [0.4, 0.5) is 4.39 Å². The van der Waals surface area contributed by atoms with Gasteiger partial charge in [0.25, 0.3) is 0 Å². The molecule has 0 N–H and O–H groups in total. The number of piperidine rings is 1. The largest absolute Gasteiger partial charge is 0.297 e. The molecule has 1 fully saturated rings. The zero-order chi connectivity index (χ0) is 19.3. The van der Waals surface area contributed by atoms with Crippen LogP contribution in [0.25, 0.3) is 6.08 Å². The van der Waals surface area contributed by atoms with Crippen LogP contribution < -0.4 is 0 Å². The molecule has 5 heteroatoms. The van der Waals surface area contributed by atoms with Gasteiger partial charge < -0.3 is 0 Å². The summed E-state index contributed by atoms with van der Waals surface area (Å²) in [5.41, 5.74) is 5.08. The van der Waals surface area contributed by atoms with E-state index in [0.717, 1.165) is 57.9 Å². The lowest BCUT2D eigenvalue weighted by Crippen LogP contribution is -2.34. The SMILES string of the molecule is C/C(=C\c1ccccc1)CN1CCCn2nc(CN3CCC(F)CC3)cc2C1. The van der Waals surface area contributed by atoms with Crippen molar-refractivity contribution in [2.24, 2.45) is 0 Å². The molecule has 0 radical (unpaired) electrons. The van der Waals surface area contributed by atoms with Crippen molar-refractivity contribution >= 4 is 6.08 Å². The van der Waals surface area contributed by atoms with E-state index in [0.29, 0.717) is 12.8 Å². The van der Waals surface area contributed by atoms with Crippen molar-refractivity contribution in [3.05, 3.63) is 58.9 Å². The highest BCUT2D eigenvalue weighted by Crippen LogP contribution is 2.19. The Hall–Kier alpha value is -1.98. The maximum absolute atomic E-state index is 13.4. The number of halogens is 1. The smallest absolute Gasteiger partial charge is 0.103 e. The van der Waals surface area contributed by atoms with Crippen LogP contribution in [-0.2, 0) is 19.6 Å². The van der Waals surface area contributed by atoms with E-state index in [1.807, 2.05) is 0 Å². The Labute approximate surface area is 167 Å². The molecule has 2 aliphatic heterocycles. The van der Waals surface area contributed by atoms with Crippen LogP contribution in [0.1, 0.15) is 43.1 Å². The normalized spacial score (nSPS) is 20.1. The molecule has 1 aromatic carbocycles. The Balaban J connectivity index is 1.38. The zero-order valence-corrected chi connectivity index (χ0v) is 16.9. The number of fused-ring (bicyclic) bond motifs is 1. The van der Waals surface area contributed by atoms with Gasteiger partial charge in [-0.25, -0.2) is 4.39 Å². The summed E-state index contributed by atoms with van der Waals surface area (Å²) in [6.45, 7) is 8.77. The Kier molecular flexibility index (Phi) is 6.23. The highest BCUT2D eigenvalue weighted by molar-refractivity contribution is 5.52. The minimum absolute atomic E-state index is 0.615. The molecule has 0 amide bonds. The van der Waals surface area contributed by atoms with E-state index in [2.05, 4.69) is 63.9 Å². The summed E-state index contributed by atoms with van der Waals surface area (Å²) < 4.78 is 15.5. The summed E-state index contributed by atoms with van der Waals surface area (Å²) >= 11 is 0. The summed E-state index contributed by atoms with van der Waals surface area (Å²) in [7, 11) is 0. The summed E-state index contributed by atoms with van der Waals surface area (Å²) in [5.74, 6) is 0. The Morgan fingerprint density at radius 1 is 1.11 bits per heavy atom. The number of aromatic nitrogens is 2. The molecule has 4 nitrogen and oxygen atoms in total. The molecule has 4 rings (SSSR count). The van der Waals surface area contributed by atoms with Crippen LogP contribution in [0.3, 0.4) is 0 Å². The first-order valence-corrected chi connectivity index (χ1v) is 10.5. The third-order valence-corrected chi connectivity index (χ3v) is 5.73. The third-order valence-electron chi connectivity index (χ3n) is 5.73. The van der Waals surface area contributed by atoms with E-state index < -0.39 is 6.17 Å². The Morgan fingerprint density at radius 2 is 1.89 bits per heavy atom. The van der Waals surface area contributed by atoms with Crippen LogP contribution in [0.5, 0.6) is 0 Å². The number of aryl methyl sites for hydroxylation is 1. The van der Waals surface area contributed by atoms with E-state index in [1.165, 1.54) is 16.8 Å². The van der Waals surface area contributed by atoms with Crippen LogP contribution in [0.15, 0.2) is 42.0 Å². The molecule has 0 spiro atoms. The highest BCUT2D eigenvalue weighted by atomic mass is 19.1. The van der Waals surface area contributed by atoms with Crippen molar-refractivity contribution in [2.45, 2.75) is 52.0 Å². The monoisotopic (exact) mass is 382 g/mol. The first-order valence-electron chi connectivity index (χ1n) is 10.5. The molecule has 2 aliphatic rings. The Morgan fingerprint density at radius 3 is 2.68 bits per heavy atom. The van der Waals surface area contributed by atoms with Crippen molar-refractivity contribution in [1.29, 1.82) is 0 Å². The number of benzene rings is 1. The molecule has 150 valence electrons. The van der Waals surface area contributed by atoms with Gasteiger partial charge in [0.15, 0.2) is 0 Å². The number of hydrogen-bond acceptors (Lipinski definition) is 3. The van der Waals surface area contributed by atoms with Gasteiger partial charge in [0.05, 0.1) is 11.4 Å². The summed E-state index contributed by atoms with van der Waals surface area (Å²) in [6.07, 6.45) is 4.11. The summed E-state index contributed by atoms with van der Waals surface area (Å²) in [6, 6.07) is 12.8.